The molecule has 0 aliphatic rings. The van der Waals surface area contributed by atoms with Gasteiger partial charge in [-0.05, 0) is 43.3 Å². The van der Waals surface area contributed by atoms with E-state index >= 15 is 0 Å². The van der Waals surface area contributed by atoms with Gasteiger partial charge in [-0.25, -0.2) is 4.39 Å². The van der Waals surface area contributed by atoms with Crippen LogP contribution in [0, 0.1) is 5.82 Å². The molecule has 0 radical (unpaired) electrons. The first-order chi connectivity index (χ1) is 10.2. The second-order valence-corrected chi connectivity index (χ2v) is 4.84. The largest absolute Gasteiger partial charge is 0.504 e. The fourth-order valence-electron chi connectivity index (χ4n) is 2.51. The molecule has 21 heavy (non-hydrogen) atoms. The highest BCUT2D eigenvalue weighted by atomic mass is 19.1. The number of fused-ring (bicyclic) bond motifs is 1. The van der Waals surface area contributed by atoms with Crippen molar-refractivity contribution < 1.29 is 14.2 Å². The minimum absolute atomic E-state index is 0.114. The lowest BCUT2D eigenvalue weighted by atomic mass is 10.2. The highest BCUT2D eigenvalue weighted by molar-refractivity contribution is 5.81. The summed E-state index contributed by atoms with van der Waals surface area (Å²) in [6, 6.07) is 13.6. The molecule has 0 amide bonds. The molecule has 0 spiro atoms. The quantitative estimate of drug-likeness (QED) is 0.783. The summed E-state index contributed by atoms with van der Waals surface area (Å²) >= 11 is 0. The SMILES string of the molecule is CCn1c(COc2ccccc2O)cc2ccc(F)cc21. The molecule has 3 nitrogen and oxygen atoms in total. The number of hydrogen-bond donors (Lipinski definition) is 1. The molecule has 2 aromatic carbocycles. The third kappa shape index (κ3) is 2.57. The number of aryl methyl sites for hydroxylation is 1. The first-order valence-corrected chi connectivity index (χ1v) is 6.87. The molecule has 0 saturated carbocycles. The molecule has 0 atom stereocenters. The van der Waals surface area contributed by atoms with Crippen molar-refractivity contribution in [2.45, 2.75) is 20.1 Å². The van der Waals surface area contributed by atoms with E-state index in [1.165, 1.54) is 12.1 Å². The molecule has 0 bridgehead atoms. The number of para-hydroxylation sites is 2. The molecule has 1 heterocycles. The zero-order chi connectivity index (χ0) is 14.8. The molecule has 0 aliphatic carbocycles. The van der Waals surface area contributed by atoms with E-state index in [0.29, 0.717) is 12.4 Å². The van der Waals surface area contributed by atoms with Gasteiger partial charge in [-0.15, -0.1) is 0 Å². The van der Waals surface area contributed by atoms with Crippen molar-refractivity contribution in [1.82, 2.24) is 4.57 Å². The molecule has 3 rings (SSSR count). The van der Waals surface area contributed by atoms with Crippen LogP contribution in [0.5, 0.6) is 11.5 Å². The summed E-state index contributed by atoms with van der Waals surface area (Å²) in [6.45, 7) is 3.06. The van der Waals surface area contributed by atoms with Gasteiger partial charge >= 0.3 is 0 Å². The zero-order valence-electron chi connectivity index (χ0n) is 11.7. The summed E-state index contributed by atoms with van der Waals surface area (Å²) in [4.78, 5) is 0. The van der Waals surface area contributed by atoms with E-state index in [4.69, 9.17) is 4.74 Å². The highest BCUT2D eigenvalue weighted by Crippen LogP contribution is 2.27. The maximum absolute atomic E-state index is 13.4. The Balaban J connectivity index is 1.92. The summed E-state index contributed by atoms with van der Waals surface area (Å²) in [5, 5.41) is 10.7. The zero-order valence-corrected chi connectivity index (χ0v) is 11.7. The molecule has 0 fully saturated rings. The van der Waals surface area contributed by atoms with Crippen molar-refractivity contribution in [2.75, 3.05) is 0 Å². The maximum Gasteiger partial charge on any atom is 0.161 e. The van der Waals surface area contributed by atoms with Crippen LogP contribution in [0.3, 0.4) is 0 Å². The summed E-state index contributed by atoms with van der Waals surface area (Å²) in [6.07, 6.45) is 0. The Hall–Kier alpha value is -2.49. The van der Waals surface area contributed by atoms with Crippen molar-refractivity contribution >= 4 is 10.9 Å². The van der Waals surface area contributed by atoms with Crippen LogP contribution in [0.4, 0.5) is 4.39 Å². The Morgan fingerprint density at radius 2 is 1.95 bits per heavy atom. The van der Waals surface area contributed by atoms with Gasteiger partial charge in [0.1, 0.15) is 12.4 Å². The van der Waals surface area contributed by atoms with E-state index in [1.807, 2.05) is 17.6 Å². The van der Waals surface area contributed by atoms with E-state index < -0.39 is 0 Å². The van der Waals surface area contributed by atoms with Crippen LogP contribution < -0.4 is 4.74 Å². The summed E-state index contributed by atoms with van der Waals surface area (Å²) in [5.74, 6) is 0.308. The number of phenolic OH excluding ortho intramolecular Hbond substituents is 1. The van der Waals surface area contributed by atoms with Crippen LogP contribution in [0.2, 0.25) is 0 Å². The molecule has 1 N–H and O–H groups in total. The Labute approximate surface area is 122 Å². The van der Waals surface area contributed by atoms with E-state index in [-0.39, 0.29) is 11.6 Å². The summed E-state index contributed by atoms with van der Waals surface area (Å²) in [5.41, 5.74) is 1.80. The Kier molecular flexibility index (Phi) is 3.52. The molecule has 0 unspecified atom stereocenters. The number of phenols is 1. The molecular formula is C17H16FNO2. The van der Waals surface area contributed by atoms with Crippen LogP contribution in [0.1, 0.15) is 12.6 Å². The predicted molar refractivity (Wildman–Crippen MR) is 80.0 cm³/mol. The number of ether oxygens (including phenoxy) is 1. The van der Waals surface area contributed by atoms with Crippen LogP contribution in [0.15, 0.2) is 48.5 Å². The van der Waals surface area contributed by atoms with Crippen molar-refractivity contribution in [3.63, 3.8) is 0 Å². The van der Waals surface area contributed by atoms with Gasteiger partial charge in [0.25, 0.3) is 0 Å². The Morgan fingerprint density at radius 1 is 1.14 bits per heavy atom. The van der Waals surface area contributed by atoms with Crippen LogP contribution in [0.25, 0.3) is 10.9 Å². The lowest BCUT2D eigenvalue weighted by Gasteiger charge is -2.10. The number of aromatic hydroxyl groups is 1. The van der Waals surface area contributed by atoms with Gasteiger partial charge in [0.15, 0.2) is 11.5 Å². The fourth-order valence-corrected chi connectivity index (χ4v) is 2.51. The van der Waals surface area contributed by atoms with Gasteiger partial charge in [0.05, 0.1) is 11.2 Å². The van der Waals surface area contributed by atoms with Gasteiger partial charge in [-0.3, -0.25) is 0 Å². The molecule has 0 aliphatic heterocycles. The fraction of sp³-hybridized carbons (Fsp3) is 0.176. The van der Waals surface area contributed by atoms with Gasteiger partial charge in [-0.1, -0.05) is 12.1 Å². The van der Waals surface area contributed by atoms with Gasteiger partial charge in [-0.2, -0.15) is 0 Å². The summed E-state index contributed by atoms with van der Waals surface area (Å²) < 4.78 is 21.1. The van der Waals surface area contributed by atoms with Gasteiger partial charge < -0.3 is 14.4 Å². The normalized spacial score (nSPS) is 11.0. The van der Waals surface area contributed by atoms with Crippen molar-refractivity contribution in [3.8, 4) is 11.5 Å². The minimum atomic E-state index is -0.247. The average Bonchev–Trinajstić information content (AvgIpc) is 2.83. The number of rotatable bonds is 4. The monoisotopic (exact) mass is 285 g/mol. The molecular weight excluding hydrogens is 269 g/mol. The second-order valence-electron chi connectivity index (χ2n) is 4.84. The van der Waals surface area contributed by atoms with Crippen molar-refractivity contribution in [3.05, 3.63) is 60.0 Å². The van der Waals surface area contributed by atoms with Crippen molar-refractivity contribution in [2.24, 2.45) is 0 Å². The second kappa shape index (κ2) is 5.48. The molecule has 3 aromatic rings. The van der Waals surface area contributed by atoms with Gasteiger partial charge in [0.2, 0.25) is 0 Å². The number of nitrogens with zero attached hydrogens (tertiary/aromatic N) is 1. The first kappa shape index (κ1) is 13.5. The number of hydrogen-bond acceptors (Lipinski definition) is 2. The summed E-state index contributed by atoms with van der Waals surface area (Å²) in [7, 11) is 0. The van der Waals surface area contributed by atoms with Crippen LogP contribution in [-0.2, 0) is 13.2 Å². The first-order valence-electron chi connectivity index (χ1n) is 6.87. The number of aromatic nitrogens is 1. The van der Waals surface area contributed by atoms with Crippen molar-refractivity contribution in [1.29, 1.82) is 0 Å². The molecule has 108 valence electrons. The lowest BCUT2D eigenvalue weighted by molar-refractivity contribution is 0.280. The third-order valence-corrected chi connectivity index (χ3v) is 3.51. The van der Waals surface area contributed by atoms with E-state index in [1.54, 1.807) is 30.3 Å². The lowest BCUT2D eigenvalue weighted by Crippen LogP contribution is -2.04. The molecule has 4 heteroatoms. The van der Waals surface area contributed by atoms with Crippen LogP contribution in [-0.4, -0.2) is 9.67 Å². The standard InChI is InChI=1S/C17H16FNO2/c1-2-19-14(9-12-7-8-13(18)10-15(12)19)11-21-17-6-4-3-5-16(17)20/h3-10,20H,2,11H2,1H3. The van der Waals surface area contributed by atoms with Crippen LogP contribution >= 0.6 is 0 Å². The highest BCUT2D eigenvalue weighted by Gasteiger charge is 2.10. The Morgan fingerprint density at radius 3 is 2.71 bits per heavy atom. The van der Waals surface area contributed by atoms with E-state index in [0.717, 1.165) is 23.1 Å². The topological polar surface area (TPSA) is 34.4 Å². The Bertz CT molecular complexity index is 780. The average molecular weight is 285 g/mol. The van der Waals surface area contributed by atoms with E-state index in [2.05, 4.69) is 0 Å². The number of benzene rings is 2. The maximum atomic E-state index is 13.4. The smallest absolute Gasteiger partial charge is 0.161 e. The third-order valence-electron chi connectivity index (χ3n) is 3.51. The molecule has 1 aromatic heterocycles. The molecule has 0 saturated heterocycles. The predicted octanol–water partition coefficient (Wildman–Crippen LogP) is 4.08. The van der Waals surface area contributed by atoms with Gasteiger partial charge in [0, 0.05) is 11.9 Å². The minimum Gasteiger partial charge on any atom is -0.504 e. The number of halogens is 1. The van der Waals surface area contributed by atoms with E-state index in [9.17, 15) is 9.50 Å².